The Morgan fingerprint density at radius 1 is 1.11 bits per heavy atom. The van der Waals surface area contributed by atoms with Crippen molar-refractivity contribution in [3.63, 3.8) is 0 Å². The van der Waals surface area contributed by atoms with Gasteiger partial charge in [-0.2, -0.15) is 0 Å². The van der Waals surface area contributed by atoms with Crippen LogP contribution in [0, 0.1) is 13.8 Å². The topological polar surface area (TPSA) is 26.0 Å². The highest BCUT2D eigenvalue weighted by Crippen LogP contribution is 2.27. The van der Waals surface area contributed by atoms with Crippen LogP contribution in [-0.4, -0.2) is 6.04 Å². The fourth-order valence-corrected chi connectivity index (χ4v) is 2.48. The van der Waals surface area contributed by atoms with Gasteiger partial charge in [-0.3, -0.25) is 0 Å². The zero-order chi connectivity index (χ0) is 13.9. The highest BCUT2D eigenvalue weighted by atomic mass is 14.6. The number of benzene rings is 1. The molecular weight excluding hydrogens is 218 g/mol. The van der Waals surface area contributed by atoms with Gasteiger partial charge in [-0.25, -0.2) is 0 Å². The van der Waals surface area contributed by atoms with Crippen molar-refractivity contribution in [2.24, 2.45) is 5.73 Å². The van der Waals surface area contributed by atoms with Crippen LogP contribution in [0.15, 0.2) is 12.1 Å². The summed E-state index contributed by atoms with van der Waals surface area (Å²) in [5.74, 6) is 0. The van der Waals surface area contributed by atoms with Gasteiger partial charge in [0.05, 0.1) is 0 Å². The van der Waals surface area contributed by atoms with E-state index in [2.05, 4.69) is 53.7 Å². The van der Waals surface area contributed by atoms with E-state index in [-0.39, 0.29) is 5.41 Å². The van der Waals surface area contributed by atoms with Gasteiger partial charge in [0.15, 0.2) is 0 Å². The van der Waals surface area contributed by atoms with Crippen LogP contribution >= 0.6 is 0 Å². The Morgan fingerprint density at radius 2 is 1.61 bits per heavy atom. The van der Waals surface area contributed by atoms with Crippen molar-refractivity contribution in [1.82, 2.24) is 0 Å². The molecule has 0 saturated heterocycles. The maximum Gasteiger partial charge on any atom is 0.00794 e. The lowest BCUT2D eigenvalue weighted by molar-refractivity contribution is 0.583. The van der Waals surface area contributed by atoms with Crippen LogP contribution in [0.1, 0.15) is 62.8 Å². The van der Waals surface area contributed by atoms with E-state index in [1.165, 1.54) is 28.7 Å². The summed E-state index contributed by atoms with van der Waals surface area (Å²) in [6, 6.07) is 4.97. The molecule has 1 atom stereocenters. The Hall–Kier alpha value is -0.820. The number of nitrogens with two attached hydrogens (primary N) is 1. The van der Waals surface area contributed by atoms with Gasteiger partial charge in [-0.15, -0.1) is 0 Å². The Bertz CT molecular complexity index is 376. The molecule has 0 radical (unpaired) electrons. The summed E-state index contributed by atoms with van der Waals surface area (Å²) in [7, 11) is 0. The number of hydrogen-bond acceptors (Lipinski definition) is 1. The zero-order valence-electron chi connectivity index (χ0n) is 12.9. The van der Waals surface area contributed by atoms with Crippen LogP contribution in [0.2, 0.25) is 0 Å². The molecule has 1 rings (SSSR count). The fraction of sp³-hybridized carbons (Fsp3) is 0.647. The third-order valence-corrected chi connectivity index (χ3v) is 3.69. The second-order valence-electron chi connectivity index (χ2n) is 6.59. The minimum Gasteiger partial charge on any atom is -0.327 e. The summed E-state index contributed by atoms with van der Waals surface area (Å²) >= 11 is 0. The van der Waals surface area contributed by atoms with Gasteiger partial charge in [0, 0.05) is 6.04 Å². The van der Waals surface area contributed by atoms with E-state index in [4.69, 9.17) is 5.73 Å². The first-order chi connectivity index (χ1) is 8.25. The molecule has 0 spiro atoms. The Morgan fingerprint density at radius 3 is 2.00 bits per heavy atom. The molecule has 1 unspecified atom stereocenters. The second-order valence-corrected chi connectivity index (χ2v) is 6.59. The maximum atomic E-state index is 6.18. The Kier molecular flexibility index (Phi) is 4.98. The lowest BCUT2D eigenvalue weighted by Gasteiger charge is -2.23. The van der Waals surface area contributed by atoms with Gasteiger partial charge in [0.25, 0.3) is 0 Å². The average molecular weight is 247 g/mol. The molecule has 102 valence electrons. The van der Waals surface area contributed by atoms with E-state index in [1.807, 2.05) is 0 Å². The summed E-state index contributed by atoms with van der Waals surface area (Å²) in [5, 5.41) is 0. The molecule has 0 amide bonds. The summed E-state index contributed by atoms with van der Waals surface area (Å²) < 4.78 is 0. The predicted molar refractivity (Wildman–Crippen MR) is 81.2 cm³/mol. The van der Waals surface area contributed by atoms with Gasteiger partial charge in [-0.05, 0) is 54.4 Å². The van der Waals surface area contributed by atoms with Crippen LogP contribution in [0.3, 0.4) is 0 Å². The standard InChI is InChI=1S/C17H29N/c1-7-8-15(18)11-16-12(2)9-14(10-13(16)3)17(4,5)6/h9-10,15H,7-8,11,18H2,1-6H3. The Labute approximate surface area is 113 Å². The minimum absolute atomic E-state index is 0.222. The third kappa shape index (κ3) is 3.84. The molecule has 0 fully saturated rings. The molecule has 0 aliphatic carbocycles. The van der Waals surface area contributed by atoms with Crippen molar-refractivity contribution < 1.29 is 0 Å². The number of rotatable bonds is 4. The molecule has 1 heteroatoms. The van der Waals surface area contributed by atoms with E-state index in [0.29, 0.717) is 6.04 Å². The van der Waals surface area contributed by atoms with Gasteiger partial charge in [-0.1, -0.05) is 46.2 Å². The van der Waals surface area contributed by atoms with Gasteiger partial charge in [0.2, 0.25) is 0 Å². The smallest absolute Gasteiger partial charge is 0.00794 e. The van der Waals surface area contributed by atoms with Crippen LogP contribution in [-0.2, 0) is 11.8 Å². The van der Waals surface area contributed by atoms with Crippen molar-refractivity contribution in [1.29, 1.82) is 0 Å². The quantitative estimate of drug-likeness (QED) is 0.844. The maximum absolute atomic E-state index is 6.18. The van der Waals surface area contributed by atoms with E-state index < -0.39 is 0 Å². The van der Waals surface area contributed by atoms with Gasteiger partial charge in [0.1, 0.15) is 0 Å². The predicted octanol–water partition coefficient (Wildman–Crippen LogP) is 4.27. The molecular formula is C17H29N. The molecule has 0 aliphatic rings. The lowest BCUT2D eigenvalue weighted by Crippen LogP contribution is -2.23. The number of hydrogen-bond donors (Lipinski definition) is 1. The average Bonchev–Trinajstić information content (AvgIpc) is 2.22. The van der Waals surface area contributed by atoms with Crippen LogP contribution in [0.4, 0.5) is 0 Å². The first-order valence-corrected chi connectivity index (χ1v) is 7.12. The summed E-state index contributed by atoms with van der Waals surface area (Å²) in [4.78, 5) is 0. The van der Waals surface area contributed by atoms with E-state index in [0.717, 1.165) is 12.8 Å². The zero-order valence-corrected chi connectivity index (χ0v) is 12.9. The SMILES string of the molecule is CCCC(N)Cc1c(C)cc(C(C)(C)C)cc1C. The lowest BCUT2D eigenvalue weighted by atomic mass is 9.83. The van der Waals surface area contributed by atoms with Crippen LogP contribution in [0.25, 0.3) is 0 Å². The molecule has 1 aromatic rings. The third-order valence-electron chi connectivity index (χ3n) is 3.69. The molecule has 0 aromatic heterocycles. The molecule has 18 heavy (non-hydrogen) atoms. The van der Waals surface area contributed by atoms with Crippen molar-refractivity contribution in [3.8, 4) is 0 Å². The molecule has 1 nitrogen and oxygen atoms in total. The van der Waals surface area contributed by atoms with Crippen molar-refractivity contribution in [2.75, 3.05) is 0 Å². The van der Waals surface area contributed by atoms with Crippen molar-refractivity contribution >= 4 is 0 Å². The van der Waals surface area contributed by atoms with E-state index in [1.54, 1.807) is 0 Å². The summed E-state index contributed by atoms with van der Waals surface area (Å²) in [5.41, 5.74) is 12.1. The highest BCUT2D eigenvalue weighted by molar-refractivity contribution is 5.40. The molecule has 2 N–H and O–H groups in total. The summed E-state index contributed by atoms with van der Waals surface area (Å²) in [6.07, 6.45) is 3.29. The largest absolute Gasteiger partial charge is 0.327 e. The van der Waals surface area contributed by atoms with Crippen LogP contribution < -0.4 is 5.73 Å². The highest BCUT2D eigenvalue weighted by Gasteiger charge is 2.17. The Balaban J connectivity index is 3.02. The normalized spacial score (nSPS) is 13.7. The molecule has 0 saturated carbocycles. The molecule has 0 aliphatic heterocycles. The first-order valence-electron chi connectivity index (χ1n) is 7.12. The summed E-state index contributed by atoms with van der Waals surface area (Å²) in [6.45, 7) is 13.4. The monoisotopic (exact) mass is 247 g/mol. The fourth-order valence-electron chi connectivity index (χ4n) is 2.48. The molecule has 0 bridgehead atoms. The molecule has 0 heterocycles. The van der Waals surface area contributed by atoms with Crippen molar-refractivity contribution in [2.45, 2.75) is 72.3 Å². The van der Waals surface area contributed by atoms with E-state index >= 15 is 0 Å². The van der Waals surface area contributed by atoms with Gasteiger partial charge >= 0.3 is 0 Å². The second kappa shape index (κ2) is 5.88. The first kappa shape index (κ1) is 15.2. The van der Waals surface area contributed by atoms with Crippen molar-refractivity contribution in [3.05, 3.63) is 34.4 Å². The number of aryl methyl sites for hydroxylation is 2. The van der Waals surface area contributed by atoms with Gasteiger partial charge < -0.3 is 5.73 Å². The minimum atomic E-state index is 0.222. The van der Waals surface area contributed by atoms with E-state index in [9.17, 15) is 0 Å². The van der Waals surface area contributed by atoms with Crippen LogP contribution in [0.5, 0.6) is 0 Å². The molecule has 1 aromatic carbocycles.